The lowest BCUT2D eigenvalue weighted by Crippen LogP contribution is -2.38. The second-order valence-electron chi connectivity index (χ2n) is 7.59. The van der Waals surface area contributed by atoms with Crippen molar-refractivity contribution in [3.05, 3.63) is 35.6 Å². The summed E-state index contributed by atoms with van der Waals surface area (Å²) in [6.45, 7) is 4.35. The number of hydrogen-bond donors (Lipinski definition) is 1. The molecular weight excluding hydrogens is 307 g/mol. The largest absolute Gasteiger partial charge is 0.381 e. The van der Waals surface area contributed by atoms with Gasteiger partial charge in [-0.3, -0.25) is 9.69 Å². The highest BCUT2D eigenvalue weighted by Gasteiger charge is 2.41. The van der Waals surface area contributed by atoms with E-state index in [0.717, 1.165) is 44.6 Å². The molecule has 5 heteroatoms. The summed E-state index contributed by atoms with van der Waals surface area (Å²) >= 11 is 0. The van der Waals surface area contributed by atoms with E-state index >= 15 is 0 Å². The van der Waals surface area contributed by atoms with E-state index in [1.165, 1.54) is 12.1 Å². The second kappa shape index (κ2) is 6.81. The molecule has 3 atom stereocenters. The Morgan fingerprint density at radius 3 is 2.75 bits per heavy atom. The minimum absolute atomic E-state index is 0.184. The quantitative estimate of drug-likeness (QED) is 0.899. The average molecular weight is 332 g/mol. The van der Waals surface area contributed by atoms with E-state index in [1.807, 2.05) is 12.1 Å². The highest BCUT2D eigenvalue weighted by Crippen LogP contribution is 2.36. The monoisotopic (exact) mass is 332 g/mol. The Morgan fingerprint density at radius 1 is 1.21 bits per heavy atom. The van der Waals surface area contributed by atoms with Gasteiger partial charge < -0.3 is 10.1 Å². The molecule has 3 fully saturated rings. The van der Waals surface area contributed by atoms with Gasteiger partial charge in [-0.1, -0.05) is 12.1 Å². The van der Waals surface area contributed by atoms with Gasteiger partial charge in [0.2, 0.25) is 5.91 Å². The average Bonchev–Trinajstić information content (AvgIpc) is 3.26. The minimum atomic E-state index is -0.191. The molecule has 0 unspecified atom stereocenters. The van der Waals surface area contributed by atoms with Crippen molar-refractivity contribution in [2.24, 2.45) is 17.8 Å². The van der Waals surface area contributed by atoms with Crippen molar-refractivity contribution in [3.8, 4) is 0 Å². The van der Waals surface area contributed by atoms with Gasteiger partial charge in [-0.05, 0) is 48.3 Å². The van der Waals surface area contributed by atoms with E-state index in [0.29, 0.717) is 36.8 Å². The van der Waals surface area contributed by atoms with E-state index in [1.54, 1.807) is 0 Å². The summed E-state index contributed by atoms with van der Waals surface area (Å²) in [6, 6.07) is 7.18. The molecule has 0 spiro atoms. The van der Waals surface area contributed by atoms with Crippen LogP contribution < -0.4 is 5.32 Å². The van der Waals surface area contributed by atoms with E-state index in [-0.39, 0.29) is 11.7 Å². The fraction of sp³-hybridized carbons (Fsp3) is 0.632. The number of carbonyl (C=O) groups excluding carboxylic acids is 1. The molecule has 4 rings (SSSR count). The zero-order chi connectivity index (χ0) is 16.5. The summed E-state index contributed by atoms with van der Waals surface area (Å²) in [5.41, 5.74) is 1.14. The maximum absolute atomic E-state index is 13.0. The molecule has 0 bridgehead atoms. The fourth-order valence-corrected chi connectivity index (χ4v) is 4.13. The van der Waals surface area contributed by atoms with Crippen molar-refractivity contribution < 1.29 is 13.9 Å². The zero-order valence-corrected chi connectivity index (χ0v) is 13.9. The maximum Gasteiger partial charge on any atom is 0.220 e. The molecule has 1 amide bonds. The van der Waals surface area contributed by atoms with Gasteiger partial charge in [-0.25, -0.2) is 4.39 Å². The lowest BCUT2D eigenvalue weighted by Gasteiger charge is -2.32. The first-order valence-corrected chi connectivity index (χ1v) is 9.01. The van der Waals surface area contributed by atoms with Crippen LogP contribution in [0.25, 0.3) is 0 Å². The summed E-state index contributed by atoms with van der Waals surface area (Å²) in [5.74, 6) is 1.36. The predicted molar refractivity (Wildman–Crippen MR) is 88.7 cm³/mol. The number of halogens is 1. The van der Waals surface area contributed by atoms with Crippen LogP contribution in [-0.4, -0.2) is 43.2 Å². The lowest BCUT2D eigenvalue weighted by atomic mass is 9.81. The van der Waals surface area contributed by atoms with Crippen molar-refractivity contribution in [1.82, 2.24) is 10.2 Å². The van der Waals surface area contributed by atoms with Gasteiger partial charge in [0.05, 0.1) is 13.2 Å². The van der Waals surface area contributed by atoms with Crippen LogP contribution in [0.4, 0.5) is 4.39 Å². The van der Waals surface area contributed by atoms with Gasteiger partial charge in [-0.2, -0.15) is 0 Å². The molecule has 2 heterocycles. The Bertz CT molecular complexity index is 588. The van der Waals surface area contributed by atoms with Crippen molar-refractivity contribution >= 4 is 5.91 Å². The van der Waals surface area contributed by atoms with Crippen LogP contribution >= 0.6 is 0 Å². The number of carbonyl (C=O) groups is 1. The summed E-state index contributed by atoms with van der Waals surface area (Å²) in [7, 11) is 0. The predicted octanol–water partition coefficient (Wildman–Crippen LogP) is 2.19. The molecule has 1 saturated carbocycles. The fourth-order valence-electron chi connectivity index (χ4n) is 4.13. The second-order valence-corrected chi connectivity index (χ2v) is 7.59. The summed E-state index contributed by atoms with van der Waals surface area (Å²) in [4.78, 5) is 14.6. The van der Waals surface area contributed by atoms with E-state index < -0.39 is 0 Å². The van der Waals surface area contributed by atoms with Crippen molar-refractivity contribution in [1.29, 1.82) is 0 Å². The van der Waals surface area contributed by atoms with Gasteiger partial charge in [0, 0.05) is 32.1 Å². The molecular formula is C19H25FN2O2. The molecule has 2 saturated heterocycles. The van der Waals surface area contributed by atoms with Crippen LogP contribution in [0.2, 0.25) is 0 Å². The topological polar surface area (TPSA) is 41.6 Å². The minimum Gasteiger partial charge on any atom is -0.381 e. The molecule has 2 aliphatic heterocycles. The van der Waals surface area contributed by atoms with Crippen LogP contribution in [0.15, 0.2) is 24.3 Å². The third-order valence-electron chi connectivity index (χ3n) is 5.55. The first-order valence-electron chi connectivity index (χ1n) is 9.01. The van der Waals surface area contributed by atoms with Gasteiger partial charge in [0.15, 0.2) is 0 Å². The normalized spacial score (nSPS) is 30.1. The van der Waals surface area contributed by atoms with E-state index in [2.05, 4.69) is 10.2 Å². The molecule has 4 nitrogen and oxygen atoms in total. The smallest absolute Gasteiger partial charge is 0.220 e. The van der Waals surface area contributed by atoms with Crippen molar-refractivity contribution in [2.75, 3.05) is 26.3 Å². The summed E-state index contributed by atoms with van der Waals surface area (Å²) in [5, 5.41) is 3.09. The summed E-state index contributed by atoms with van der Waals surface area (Å²) < 4.78 is 18.8. The third-order valence-corrected chi connectivity index (χ3v) is 5.55. The van der Waals surface area contributed by atoms with E-state index in [4.69, 9.17) is 4.74 Å². The Kier molecular flexibility index (Phi) is 4.55. The number of nitrogens with zero attached hydrogens (tertiary/aromatic N) is 1. The highest BCUT2D eigenvalue weighted by molar-refractivity contribution is 5.76. The Morgan fingerprint density at radius 2 is 2.00 bits per heavy atom. The van der Waals surface area contributed by atoms with Crippen LogP contribution in [0.5, 0.6) is 0 Å². The van der Waals surface area contributed by atoms with Crippen LogP contribution in [0.1, 0.15) is 24.8 Å². The number of fused-ring (bicyclic) bond motifs is 1. The third kappa shape index (κ3) is 3.78. The van der Waals surface area contributed by atoms with Crippen LogP contribution in [-0.2, 0) is 16.1 Å². The van der Waals surface area contributed by atoms with Gasteiger partial charge >= 0.3 is 0 Å². The number of ether oxygens (including phenoxy) is 1. The molecule has 1 N–H and O–H groups in total. The van der Waals surface area contributed by atoms with Crippen LogP contribution in [0, 0.1) is 23.6 Å². The Balaban J connectivity index is 1.34. The maximum atomic E-state index is 13.0. The SMILES string of the molecule is O=C(C[C@@H]1COC[C@H]2CN(Cc3ccc(F)cc3)C[C@@H]12)NC1CC1. The molecule has 24 heavy (non-hydrogen) atoms. The number of rotatable bonds is 5. The van der Waals surface area contributed by atoms with Crippen molar-refractivity contribution in [2.45, 2.75) is 31.8 Å². The summed E-state index contributed by atoms with van der Waals surface area (Å²) in [6.07, 6.45) is 2.84. The van der Waals surface area contributed by atoms with Gasteiger partial charge in [-0.15, -0.1) is 0 Å². The molecule has 1 aromatic carbocycles. The number of benzene rings is 1. The molecule has 1 aromatic rings. The van der Waals surface area contributed by atoms with Crippen molar-refractivity contribution in [3.63, 3.8) is 0 Å². The molecule has 0 aromatic heterocycles. The molecule has 130 valence electrons. The molecule has 1 aliphatic carbocycles. The van der Waals surface area contributed by atoms with Gasteiger partial charge in [0.25, 0.3) is 0 Å². The number of nitrogens with one attached hydrogen (secondary N) is 1. The zero-order valence-electron chi connectivity index (χ0n) is 13.9. The lowest BCUT2D eigenvalue weighted by molar-refractivity contribution is -0.124. The highest BCUT2D eigenvalue weighted by atomic mass is 19.1. The van der Waals surface area contributed by atoms with Crippen LogP contribution in [0.3, 0.4) is 0 Å². The first kappa shape index (κ1) is 16.0. The number of likely N-dealkylation sites (tertiary alicyclic amines) is 1. The first-order chi connectivity index (χ1) is 11.7. The van der Waals surface area contributed by atoms with Gasteiger partial charge in [0.1, 0.15) is 5.82 Å². The Labute approximate surface area is 142 Å². The number of amides is 1. The Hall–Kier alpha value is -1.46. The molecule has 3 aliphatic rings. The van der Waals surface area contributed by atoms with E-state index in [9.17, 15) is 9.18 Å². The standard InChI is InChI=1S/C19H25FN2O2/c20-16-3-1-13(2-4-16)8-22-9-15-12-24-11-14(18(15)10-22)7-19(23)21-17-5-6-17/h1-4,14-15,17-18H,5-12H2,(H,21,23)/t14-,15-,18+/m1/s1. The number of hydrogen-bond acceptors (Lipinski definition) is 3. The molecule has 0 radical (unpaired) electrons.